The van der Waals surface area contributed by atoms with Crippen molar-refractivity contribution >= 4 is 11.8 Å². The van der Waals surface area contributed by atoms with E-state index in [4.69, 9.17) is 9.47 Å². The second-order valence-electron chi connectivity index (χ2n) is 13.6. The number of benzene rings is 5. The Morgan fingerprint density at radius 2 is 0.860 bits per heavy atom. The quantitative estimate of drug-likeness (QED) is 0.173. The van der Waals surface area contributed by atoms with Gasteiger partial charge in [0.1, 0.15) is 11.5 Å². The smallest absolute Gasteiger partial charge is 0.259 e. The van der Waals surface area contributed by atoms with E-state index in [1.165, 1.54) is 38.9 Å². The van der Waals surface area contributed by atoms with Gasteiger partial charge in [0.25, 0.3) is 11.8 Å². The van der Waals surface area contributed by atoms with Crippen LogP contribution in [-0.4, -0.2) is 63.0 Å². The van der Waals surface area contributed by atoms with E-state index in [2.05, 4.69) is 104 Å². The van der Waals surface area contributed by atoms with Crippen LogP contribution in [0.5, 0.6) is 11.5 Å². The molecular formula is C44H46N2O4. The van der Waals surface area contributed by atoms with Crippen LogP contribution in [-0.2, 0) is 41.7 Å². The largest absolute Gasteiger partial charge is 0.483 e. The van der Waals surface area contributed by atoms with Crippen LogP contribution in [0.4, 0.5) is 0 Å². The third kappa shape index (κ3) is 7.92. The van der Waals surface area contributed by atoms with Crippen LogP contribution >= 0.6 is 0 Å². The molecule has 6 nitrogen and oxygen atoms in total. The number of para-hydroxylation sites is 2. The Bertz CT molecular complexity index is 1880. The van der Waals surface area contributed by atoms with Gasteiger partial charge in [0.2, 0.25) is 0 Å². The fourth-order valence-electron chi connectivity index (χ4n) is 6.72. The lowest BCUT2D eigenvalue weighted by Crippen LogP contribution is -2.28. The van der Waals surface area contributed by atoms with E-state index < -0.39 is 0 Å². The van der Waals surface area contributed by atoms with Gasteiger partial charge in [-0.15, -0.1) is 0 Å². The lowest BCUT2D eigenvalue weighted by atomic mass is 9.86. The van der Waals surface area contributed by atoms with Gasteiger partial charge in [-0.1, -0.05) is 103 Å². The van der Waals surface area contributed by atoms with Gasteiger partial charge in [-0.3, -0.25) is 9.59 Å². The van der Waals surface area contributed by atoms with Crippen molar-refractivity contribution in [3.63, 3.8) is 0 Å². The van der Waals surface area contributed by atoms with Crippen molar-refractivity contribution in [2.75, 3.05) is 41.4 Å². The van der Waals surface area contributed by atoms with Crippen LogP contribution in [0.25, 0.3) is 0 Å². The number of carbonyl (C=O) groups excluding carboxylic acids is 2. The number of hydrogen-bond acceptors (Lipinski definition) is 4. The van der Waals surface area contributed by atoms with Crippen LogP contribution in [0.2, 0.25) is 0 Å². The van der Waals surface area contributed by atoms with Gasteiger partial charge in [0.15, 0.2) is 13.2 Å². The molecular weight excluding hydrogens is 620 g/mol. The van der Waals surface area contributed by atoms with Crippen molar-refractivity contribution in [3.8, 4) is 11.5 Å². The fourth-order valence-corrected chi connectivity index (χ4v) is 6.72. The zero-order valence-corrected chi connectivity index (χ0v) is 29.8. The van der Waals surface area contributed by atoms with Gasteiger partial charge < -0.3 is 19.3 Å². The van der Waals surface area contributed by atoms with Gasteiger partial charge in [0, 0.05) is 53.9 Å². The molecule has 6 heteroatoms. The molecule has 0 aliphatic heterocycles. The highest BCUT2D eigenvalue weighted by Crippen LogP contribution is 2.35. The molecule has 0 fully saturated rings. The van der Waals surface area contributed by atoms with Crippen molar-refractivity contribution in [3.05, 3.63) is 164 Å². The standard InChI is InChI=1S/C44H46N2O4/c1-30-32-15-9-16-33(30)25-37-20-12-22-39(44(37)50-29-42(48)46(4)5)27-35-18-10-17-34(40(35)23-31-13-7-6-8-14-31)26-38-21-11-19-36(24-32)43(38)49-28-41(47)45(2)3/h6-22H,23-29H2,1-5H3. The molecule has 0 heterocycles. The number of rotatable bonds is 8. The summed E-state index contributed by atoms with van der Waals surface area (Å²) in [6.07, 6.45) is 3.39. The number of fused-ring (bicyclic) bond motifs is 8. The summed E-state index contributed by atoms with van der Waals surface area (Å²) in [5, 5.41) is 0. The van der Waals surface area contributed by atoms with E-state index in [9.17, 15) is 9.59 Å². The Morgan fingerprint density at radius 3 is 1.26 bits per heavy atom. The van der Waals surface area contributed by atoms with Crippen LogP contribution in [0.1, 0.15) is 61.2 Å². The highest BCUT2D eigenvalue weighted by molar-refractivity contribution is 5.77. The molecule has 2 amide bonds. The molecule has 0 N–H and O–H groups in total. The normalized spacial score (nSPS) is 12.2. The van der Waals surface area contributed by atoms with Gasteiger partial charge >= 0.3 is 0 Å². The van der Waals surface area contributed by atoms with Crippen molar-refractivity contribution in [1.29, 1.82) is 0 Å². The van der Waals surface area contributed by atoms with Crippen LogP contribution in [0, 0.1) is 6.92 Å². The molecule has 0 saturated heterocycles. The molecule has 256 valence electrons. The Balaban J connectivity index is 1.54. The van der Waals surface area contributed by atoms with Crippen molar-refractivity contribution in [1.82, 2.24) is 9.80 Å². The average Bonchev–Trinajstić information content (AvgIpc) is 3.10. The molecule has 0 spiro atoms. The third-order valence-corrected chi connectivity index (χ3v) is 9.71. The molecule has 8 bridgehead atoms. The van der Waals surface area contributed by atoms with Gasteiger partial charge in [-0.2, -0.15) is 0 Å². The first-order chi connectivity index (χ1) is 24.2. The molecule has 0 unspecified atom stereocenters. The maximum atomic E-state index is 12.8. The molecule has 0 atom stereocenters. The molecule has 0 radical (unpaired) electrons. The van der Waals surface area contributed by atoms with Gasteiger partial charge in [0.05, 0.1) is 0 Å². The predicted molar refractivity (Wildman–Crippen MR) is 199 cm³/mol. The lowest BCUT2D eigenvalue weighted by Gasteiger charge is -2.22. The first-order valence-electron chi connectivity index (χ1n) is 17.3. The molecule has 0 saturated carbocycles. The van der Waals surface area contributed by atoms with Gasteiger partial charge in [-0.05, 0) is 74.5 Å². The van der Waals surface area contributed by atoms with Gasteiger partial charge in [-0.25, -0.2) is 0 Å². The summed E-state index contributed by atoms with van der Waals surface area (Å²) in [5.41, 5.74) is 12.7. The van der Waals surface area contributed by atoms with Crippen LogP contribution in [0.3, 0.4) is 0 Å². The average molecular weight is 667 g/mol. The molecule has 5 aromatic carbocycles. The summed E-state index contributed by atoms with van der Waals surface area (Å²) >= 11 is 0. The lowest BCUT2D eigenvalue weighted by molar-refractivity contribution is -0.131. The Labute approximate surface area is 296 Å². The molecule has 1 aliphatic rings. The number of hydrogen-bond donors (Lipinski definition) is 0. The van der Waals surface area contributed by atoms with E-state index >= 15 is 0 Å². The minimum atomic E-state index is -0.0794. The van der Waals surface area contributed by atoms with E-state index in [0.29, 0.717) is 25.7 Å². The Hall–Kier alpha value is -5.36. The summed E-state index contributed by atoms with van der Waals surface area (Å²) in [6.45, 7) is 2.12. The predicted octanol–water partition coefficient (Wildman–Crippen LogP) is 7.20. The summed E-state index contributed by atoms with van der Waals surface area (Å²) in [7, 11) is 7.02. The van der Waals surface area contributed by atoms with Crippen molar-refractivity contribution in [2.45, 2.75) is 39.0 Å². The third-order valence-electron chi connectivity index (χ3n) is 9.71. The summed E-state index contributed by atoms with van der Waals surface area (Å²) < 4.78 is 12.9. The second kappa shape index (κ2) is 15.5. The number of nitrogens with zero attached hydrogens (tertiary/aromatic N) is 2. The summed E-state index contributed by atoms with van der Waals surface area (Å²) in [6, 6.07) is 36.3. The van der Waals surface area contributed by atoms with Crippen LogP contribution in [0.15, 0.2) is 103 Å². The van der Waals surface area contributed by atoms with E-state index in [1.807, 2.05) is 6.07 Å². The molecule has 1 aliphatic carbocycles. The monoisotopic (exact) mass is 666 g/mol. The second-order valence-corrected chi connectivity index (χ2v) is 13.6. The maximum absolute atomic E-state index is 12.8. The first-order valence-corrected chi connectivity index (χ1v) is 17.3. The molecule has 50 heavy (non-hydrogen) atoms. The Kier molecular flexibility index (Phi) is 10.7. The number of ether oxygens (including phenoxy) is 2. The van der Waals surface area contributed by atoms with E-state index in [-0.39, 0.29) is 25.0 Å². The maximum Gasteiger partial charge on any atom is 0.259 e. The fraction of sp³-hybridized carbons (Fsp3) is 0.273. The minimum absolute atomic E-state index is 0.0271. The highest BCUT2D eigenvalue weighted by atomic mass is 16.5. The number of carbonyl (C=O) groups is 2. The number of amides is 2. The zero-order chi connectivity index (χ0) is 35.2. The van der Waals surface area contributed by atoms with Crippen LogP contribution < -0.4 is 9.47 Å². The van der Waals surface area contributed by atoms with Crippen molar-refractivity contribution < 1.29 is 19.1 Å². The first kappa shape index (κ1) is 34.5. The van der Waals surface area contributed by atoms with E-state index in [1.54, 1.807) is 38.0 Å². The highest BCUT2D eigenvalue weighted by Gasteiger charge is 2.21. The summed E-state index contributed by atoms with van der Waals surface area (Å²) in [4.78, 5) is 28.7. The molecule has 0 aromatic heterocycles. The zero-order valence-electron chi connectivity index (χ0n) is 29.8. The summed E-state index contributed by atoms with van der Waals surface area (Å²) in [5.74, 6) is 1.40. The minimum Gasteiger partial charge on any atom is -0.483 e. The van der Waals surface area contributed by atoms with E-state index in [0.717, 1.165) is 40.2 Å². The molecule has 6 rings (SSSR count). The Morgan fingerprint density at radius 1 is 0.500 bits per heavy atom. The molecule has 5 aromatic rings. The SMILES string of the molecule is Cc1c2cccc1Cc1cccc(c1OCC(=O)N(C)C)Cc1cccc(c1Cc1ccccc1)Cc1cccc(c1OCC(=O)N(C)C)C2. The van der Waals surface area contributed by atoms with Crippen molar-refractivity contribution in [2.24, 2.45) is 0 Å². The number of likely N-dealkylation sites (N-methyl/N-ethyl adjacent to an activating group) is 2. The topological polar surface area (TPSA) is 59.1 Å².